The summed E-state index contributed by atoms with van der Waals surface area (Å²) >= 11 is 0. The number of hydrogen-bond acceptors (Lipinski definition) is 0. The van der Waals surface area contributed by atoms with Crippen LogP contribution >= 0.6 is 0 Å². The SMILES string of the molecule is FC(F)(F)c1ccc(-n2c3ccccc3c3ccccc32)c(-c2cc3c(c4ccccc24)=CCCC=3)c1-c1c(C(F)(F)F)ccc(-c2cc3ccccc3c3ccccc23)c1-n1c2ccccc2c2ccccc21. The van der Waals surface area contributed by atoms with E-state index in [1.165, 1.54) is 12.1 Å². The molecule has 0 amide bonds. The summed E-state index contributed by atoms with van der Waals surface area (Å²) in [5.41, 5.74) is 0.518. The maximum absolute atomic E-state index is 16.9. The molecule has 14 rings (SSSR count). The second-order valence-corrected chi connectivity index (χ2v) is 19.2. The van der Waals surface area contributed by atoms with E-state index >= 15 is 26.3 Å². The molecule has 13 aromatic rings. The fourth-order valence-electron chi connectivity index (χ4n) is 12.2. The Morgan fingerprint density at radius 3 is 1.35 bits per heavy atom. The van der Waals surface area contributed by atoms with Gasteiger partial charge in [0.1, 0.15) is 0 Å². The lowest BCUT2D eigenvalue weighted by Gasteiger charge is -2.29. The van der Waals surface area contributed by atoms with E-state index < -0.39 is 34.6 Å². The Bertz CT molecular complexity index is 4540. The van der Waals surface area contributed by atoms with Gasteiger partial charge < -0.3 is 9.13 Å². The molecule has 0 unspecified atom stereocenters. The van der Waals surface area contributed by atoms with Crippen molar-refractivity contribution in [2.45, 2.75) is 25.2 Å². The summed E-state index contributed by atoms with van der Waals surface area (Å²) in [7, 11) is 0. The van der Waals surface area contributed by atoms with E-state index in [9.17, 15) is 0 Å². The Morgan fingerprint density at radius 2 is 0.770 bits per heavy atom. The molecule has 0 saturated heterocycles. The first-order valence-electron chi connectivity index (χ1n) is 24.6. The van der Waals surface area contributed by atoms with Crippen LogP contribution in [0.4, 0.5) is 26.3 Å². The summed E-state index contributed by atoms with van der Waals surface area (Å²) in [6.07, 6.45) is -4.63. The average Bonchev–Trinajstić information content (AvgIpc) is 3.94. The van der Waals surface area contributed by atoms with Gasteiger partial charge in [0.2, 0.25) is 0 Å². The molecule has 0 bridgehead atoms. The first-order valence-corrected chi connectivity index (χ1v) is 24.6. The van der Waals surface area contributed by atoms with Crippen LogP contribution in [0.15, 0.2) is 206 Å². The largest absolute Gasteiger partial charge is 0.417 e. The molecule has 2 aromatic heterocycles. The van der Waals surface area contributed by atoms with Crippen molar-refractivity contribution in [1.82, 2.24) is 9.13 Å². The van der Waals surface area contributed by atoms with Gasteiger partial charge in [-0.2, -0.15) is 26.3 Å². The zero-order valence-electron chi connectivity index (χ0n) is 39.4. The van der Waals surface area contributed by atoms with Crippen LogP contribution in [0.5, 0.6) is 0 Å². The second kappa shape index (κ2) is 16.3. The van der Waals surface area contributed by atoms with Crippen LogP contribution in [0.2, 0.25) is 0 Å². The number of aromatic nitrogens is 2. The highest BCUT2D eigenvalue weighted by Crippen LogP contribution is 2.55. The highest BCUT2D eigenvalue weighted by molar-refractivity contribution is 6.18. The third-order valence-electron chi connectivity index (χ3n) is 15.2. The van der Waals surface area contributed by atoms with E-state index in [1.54, 1.807) is 4.57 Å². The van der Waals surface area contributed by atoms with Gasteiger partial charge in [-0.1, -0.05) is 164 Å². The van der Waals surface area contributed by atoms with Gasteiger partial charge in [-0.3, -0.25) is 0 Å². The smallest absolute Gasteiger partial charge is 0.309 e. The van der Waals surface area contributed by atoms with Crippen LogP contribution in [0.3, 0.4) is 0 Å². The summed E-state index contributed by atoms with van der Waals surface area (Å²) in [6, 6.07) is 62.1. The van der Waals surface area contributed by atoms with Crippen LogP contribution in [0.25, 0.3) is 133 Å². The fraction of sp³-hybridized carbons (Fsp3) is 0.0606. The zero-order chi connectivity index (χ0) is 50.0. The predicted octanol–water partition coefficient (Wildman–Crippen LogP) is 17.7. The van der Waals surface area contributed by atoms with Crippen molar-refractivity contribution >= 4 is 88.1 Å². The van der Waals surface area contributed by atoms with Crippen molar-refractivity contribution in [3.63, 3.8) is 0 Å². The monoisotopic (exact) mass is 974 g/mol. The molecule has 0 atom stereocenters. The molecule has 0 aliphatic heterocycles. The third-order valence-corrected chi connectivity index (χ3v) is 15.2. The van der Waals surface area contributed by atoms with Crippen molar-refractivity contribution in [1.29, 1.82) is 0 Å². The number of benzene rings is 11. The molecule has 2 nitrogen and oxygen atoms in total. The minimum Gasteiger partial charge on any atom is -0.309 e. The van der Waals surface area contributed by atoms with Crippen molar-refractivity contribution in [3.8, 4) is 44.8 Å². The highest BCUT2D eigenvalue weighted by Gasteiger charge is 2.43. The maximum Gasteiger partial charge on any atom is 0.417 e. The Labute approximate surface area is 419 Å². The number of fused-ring (bicyclic) bond motifs is 12. The molecular formula is C66H40F6N2. The van der Waals surface area contributed by atoms with Crippen LogP contribution in [0, 0.1) is 0 Å². The summed E-state index contributed by atoms with van der Waals surface area (Å²) in [6.45, 7) is 0. The maximum atomic E-state index is 16.9. The third kappa shape index (κ3) is 6.53. The van der Waals surface area contributed by atoms with Gasteiger partial charge in [-0.05, 0) is 121 Å². The van der Waals surface area contributed by atoms with E-state index in [0.717, 1.165) is 77.5 Å². The van der Waals surface area contributed by atoms with Gasteiger partial charge in [0, 0.05) is 43.8 Å². The Kier molecular flexibility index (Phi) is 9.67. The fourth-order valence-corrected chi connectivity index (χ4v) is 12.2. The summed E-state index contributed by atoms with van der Waals surface area (Å²) < 4.78 is 105. The molecule has 2 heterocycles. The Balaban J connectivity index is 1.29. The quantitative estimate of drug-likeness (QED) is 0.120. The summed E-state index contributed by atoms with van der Waals surface area (Å²) in [5.74, 6) is 0. The van der Waals surface area contributed by atoms with E-state index in [1.807, 2.05) is 187 Å². The molecule has 0 spiro atoms. The molecule has 74 heavy (non-hydrogen) atoms. The van der Waals surface area contributed by atoms with Crippen molar-refractivity contribution in [2.24, 2.45) is 0 Å². The first kappa shape index (κ1) is 43.9. The van der Waals surface area contributed by atoms with Gasteiger partial charge in [-0.25, -0.2) is 0 Å². The van der Waals surface area contributed by atoms with Gasteiger partial charge in [-0.15, -0.1) is 0 Å². The number of hydrogen-bond donors (Lipinski definition) is 0. The van der Waals surface area contributed by atoms with E-state index in [0.29, 0.717) is 56.3 Å². The van der Waals surface area contributed by atoms with Gasteiger partial charge in [0.05, 0.1) is 44.6 Å². The molecule has 0 radical (unpaired) electrons. The number of rotatable bonds is 5. The van der Waals surface area contributed by atoms with Gasteiger partial charge in [0.25, 0.3) is 0 Å². The van der Waals surface area contributed by atoms with E-state index in [-0.39, 0.29) is 11.3 Å². The number of nitrogens with zero attached hydrogens (tertiary/aromatic N) is 2. The number of halogens is 6. The van der Waals surface area contributed by atoms with Crippen LogP contribution in [-0.4, -0.2) is 9.13 Å². The molecule has 1 aliphatic carbocycles. The van der Waals surface area contributed by atoms with Crippen LogP contribution in [0.1, 0.15) is 24.0 Å². The zero-order valence-corrected chi connectivity index (χ0v) is 39.4. The number of para-hydroxylation sites is 4. The van der Waals surface area contributed by atoms with Crippen LogP contribution < -0.4 is 10.4 Å². The lowest BCUT2D eigenvalue weighted by Crippen LogP contribution is -2.28. The normalized spacial score (nSPS) is 13.1. The molecule has 0 saturated carbocycles. The second-order valence-electron chi connectivity index (χ2n) is 19.2. The van der Waals surface area contributed by atoms with E-state index in [4.69, 9.17) is 0 Å². The Morgan fingerprint density at radius 1 is 0.324 bits per heavy atom. The Hall–Kier alpha value is -8.88. The van der Waals surface area contributed by atoms with Crippen molar-refractivity contribution in [3.05, 3.63) is 228 Å². The lowest BCUT2D eigenvalue weighted by atomic mass is 9.81. The highest BCUT2D eigenvalue weighted by atomic mass is 19.4. The molecule has 11 aromatic carbocycles. The molecule has 0 fully saturated rings. The molecule has 356 valence electrons. The summed E-state index contributed by atoms with van der Waals surface area (Å²) in [5, 5.41) is 9.68. The van der Waals surface area contributed by atoms with Gasteiger partial charge in [0.15, 0.2) is 0 Å². The first-order chi connectivity index (χ1) is 36.0. The average molecular weight is 975 g/mol. The number of alkyl halides is 6. The molecular weight excluding hydrogens is 935 g/mol. The van der Waals surface area contributed by atoms with Crippen molar-refractivity contribution < 1.29 is 26.3 Å². The molecule has 0 N–H and O–H groups in total. The predicted molar refractivity (Wildman–Crippen MR) is 291 cm³/mol. The van der Waals surface area contributed by atoms with Crippen LogP contribution in [-0.2, 0) is 12.4 Å². The standard InChI is InChI=1S/C66H40F6N2/c67-65(68,69)54-35-36-60(73-56-29-13-9-25-47(56)48-26-10-14-30-57(48)73)61(53-38-40-18-2-4-20-42(40)44-22-6-8-24-46(44)53)62(54)63-55(66(70,71)72)34-33-51(52-37-39-17-1-3-19-41(39)43-21-5-7-23-45(43)52)64(63)74-58-31-15-11-27-49(58)50-28-12-16-32-59(50)74/h1,3,5-38H,2,4H2. The van der Waals surface area contributed by atoms with E-state index in [2.05, 4.69) is 12.2 Å². The van der Waals surface area contributed by atoms with Crippen molar-refractivity contribution in [2.75, 3.05) is 0 Å². The van der Waals surface area contributed by atoms with Gasteiger partial charge >= 0.3 is 12.4 Å². The lowest BCUT2D eigenvalue weighted by molar-refractivity contribution is -0.139. The molecule has 1 aliphatic rings. The summed E-state index contributed by atoms with van der Waals surface area (Å²) in [4.78, 5) is 0. The minimum absolute atomic E-state index is 0.0223. The molecule has 8 heteroatoms. The minimum atomic E-state index is -5.16. The topological polar surface area (TPSA) is 9.86 Å².